The number of rotatable bonds is 8. The molecule has 0 heterocycles. The van der Waals surface area contributed by atoms with Crippen molar-refractivity contribution in [2.45, 2.75) is 39.8 Å². The summed E-state index contributed by atoms with van der Waals surface area (Å²) in [6.45, 7) is 7.51. The smallest absolute Gasteiger partial charge is 0.239 e. The van der Waals surface area contributed by atoms with E-state index in [2.05, 4.69) is 10.6 Å². The number of halogens is 1. The van der Waals surface area contributed by atoms with Gasteiger partial charge in [0.25, 0.3) is 0 Å². The van der Waals surface area contributed by atoms with Crippen molar-refractivity contribution in [1.82, 2.24) is 10.6 Å². The standard InChI is InChI=1S/C16H26FN3O/c1-5-9-20(11-15(21)18-4)16-13(10-19-12(2)3)7-6-8-14(16)17/h6-8,12,19H,5,9-11H2,1-4H3,(H,18,21). The van der Waals surface area contributed by atoms with E-state index >= 15 is 0 Å². The zero-order valence-corrected chi connectivity index (χ0v) is 13.4. The van der Waals surface area contributed by atoms with Crippen molar-refractivity contribution in [2.75, 3.05) is 25.0 Å². The molecule has 0 aliphatic rings. The molecule has 1 aromatic rings. The summed E-state index contributed by atoms with van der Waals surface area (Å²) in [4.78, 5) is 13.5. The van der Waals surface area contributed by atoms with Gasteiger partial charge in [-0.1, -0.05) is 32.9 Å². The van der Waals surface area contributed by atoms with Gasteiger partial charge in [0.2, 0.25) is 5.91 Å². The van der Waals surface area contributed by atoms with Gasteiger partial charge in [-0.05, 0) is 18.1 Å². The van der Waals surface area contributed by atoms with Gasteiger partial charge in [-0.15, -0.1) is 0 Å². The molecule has 0 aliphatic carbocycles. The summed E-state index contributed by atoms with van der Waals surface area (Å²) in [5, 5.41) is 5.89. The Morgan fingerprint density at radius 2 is 2.10 bits per heavy atom. The molecule has 0 saturated carbocycles. The highest BCUT2D eigenvalue weighted by atomic mass is 19.1. The minimum atomic E-state index is -0.282. The Bertz CT molecular complexity index is 463. The van der Waals surface area contributed by atoms with E-state index in [1.165, 1.54) is 6.07 Å². The van der Waals surface area contributed by atoms with E-state index in [4.69, 9.17) is 0 Å². The third-order valence-electron chi connectivity index (χ3n) is 3.19. The second kappa shape index (κ2) is 8.62. The van der Waals surface area contributed by atoms with Crippen LogP contribution in [0.15, 0.2) is 18.2 Å². The van der Waals surface area contributed by atoms with Gasteiger partial charge in [0.1, 0.15) is 5.82 Å². The maximum absolute atomic E-state index is 14.3. The van der Waals surface area contributed by atoms with Crippen molar-refractivity contribution in [1.29, 1.82) is 0 Å². The van der Waals surface area contributed by atoms with Crippen LogP contribution in [0, 0.1) is 5.82 Å². The lowest BCUT2D eigenvalue weighted by atomic mass is 10.1. The van der Waals surface area contributed by atoms with Crippen molar-refractivity contribution < 1.29 is 9.18 Å². The first-order valence-electron chi connectivity index (χ1n) is 7.45. The molecule has 0 spiro atoms. The Labute approximate surface area is 126 Å². The number of amides is 1. The van der Waals surface area contributed by atoms with Gasteiger partial charge in [0, 0.05) is 26.2 Å². The molecule has 0 bridgehead atoms. The molecule has 21 heavy (non-hydrogen) atoms. The van der Waals surface area contributed by atoms with Crippen molar-refractivity contribution >= 4 is 11.6 Å². The van der Waals surface area contributed by atoms with Crippen molar-refractivity contribution in [3.05, 3.63) is 29.6 Å². The SMILES string of the molecule is CCCN(CC(=O)NC)c1c(F)cccc1CNC(C)C. The highest BCUT2D eigenvalue weighted by Gasteiger charge is 2.17. The minimum absolute atomic E-state index is 0.116. The predicted octanol–water partition coefficient (Wildman–Crippen LogP) is 2.29. The maximum atomic E-state index is 14.3. The third kappa shape index (κ3) is 5.34. The average molecular weight is 295 g/mol. The number of benzene rings is 1. The van der Waals surface area contributed by atoms with Crippen LogP contribution in [-0.4, -0.2) is 32.1 Å². The maximum Gasteiger partial charge on any atom is 0.239 e. The first kappa shape index (κ1) is 17.4. The summed E-state index contributed by atoms with van der Waals surface area (Å²) in [6.07, 6.45) is 0.850. The fourth-order valence-electron chi connectivity index (χ4n) is 2.16. The lowest BCUT2D eigenvalue weighted by Crippen LogP contribution is -2.37. The number of nitrogens with one attached hydrogen (secondary N) is 2. The van der Waals surface area contributed by atoms with E-state index in [9.17, 15) is 9.18 Å². The number of likely N-dealkylation sites (N-methyl/N-ethyl adjacent to an activating group) is 1. The first-order valence-corrected chi connectivity index (χ1v) is 7.45. The Balaban J connectivity index is 3.06. The fourth-order valence-corrected chi connectivity index (χ4v) is 2.16. The van der Waals surface area contributed by atoms with Crippen molar-refractivity contribution in [3.8, 4) is 0 Å². The molecule has 2 N–H and O–H groups in total. The highest BCUT2D eigenvalue weighted by Crippen LogP contribution is 2.25. The molecular weight excluding hydrogens is 269 g/mol. The molecule has 4 nitrogen and oxygen atoms in total. The van der Waals surface area contributed by atoms with Gasteiger partial charge < -0.3 is 15.5 Å². The zero-order valence-electron chi connectivity index (χ0n) is 13.4. The summed E-state index contributed by atoms with van der Waals surface area (Å²) in [5.74, 6) is -0.398. The zero-order chi connectivity index (χ0) is 15.8. The number of hydrogen-bond donors (Lipinski definition) is 2. The van der Waals surface area contributed by atoms with Gasteiger partial charge in [0.05, 0.1) is 12.2 Å². The monoisotopic (exact) mass is 295 g/mol. The molecule has 1 amide bonds. The van der Waals surface area contributed by atoms with E-state index in [1.807, 2.05) is 31.7 Å². The molecular formula is C16H26FN3O. The molecule has 0 aliphatic heterocycles. The van der Waals surface area contributed by atoms with E-state index in [1.54, 1.807) is 13.1 Å². The van der Waals surface area contributed by atoms with Crippen LogP contribution in [0.1, 0.15) is 32.8 Å². The Morgan fingerprint density at radius 1 is 1.38 bits per heavy atom. The lowest BCUT2D eigenvalue weighted by molar-refractivity contribution is -0.119. The number of para-hydroxylation sites is 1. The number of carbonyl (C=O) groups excluding carboxylic acids is 1. The summed E-state index contributed by atoms with van der Waals surface area (Å²) in [6, 6.07) is 5.38. The summed E-state index contributed by atoms with van der Waals surface area (Å²) >= 11 is 0. The summed E-state index contributed by atoms with van der Waals surface area (Å²) < 4.78 is 14.3. The molecule has 0 saturated heterocycles. The molecule has 0 atom stereocenters. The van der Waals surface area contributed by atoms with Crippen LogP contribution in [0.4, 0.5) is 10.1 Å². The molecule has 1 rings (SSSR count). The molecule has 5 heteroatoms. The van der Waals surface area contributed by atoms with E-state index in [-0.39, 0.29) is 18.3 Å². The van der Waals surface area contributed by atoms with Gasteiger partial charge in [-0.3, -0.25) is 4.79 Å². The van der Waals surface area contributed by atoms with E-state index in [0.717, 1.165) is 12.0 Å². The molecule has 0 fully saturated rings. The van der Waals surface area contributed by atoms with Crippen LogP contribution in [0.2, 0.25) is 0 Å². The van der Waals surface area contributed by atoms with Crippen LogP contribution < -0.4 is 15.5 Å². The average Bonchev–Trinajstić information content (AvgIpc) is 2.44. The Hall–Kier alpha value is -1.62. The Kier molecular flexibility index (Phi) is 7.15. The van der Waals surface area contributed by atoms with Gasteiger partial charge in [-0.2, -0.15) is 0 Å². The second-order valence-corrected chi connectivity index (χ2v) is 5.38. The molecule has 1 aromatic carbocycles. The van der Waals surface area contributed by atoms with Gasteiger partial charge in [0.15, 0.2) is 0 Å². The molecule has 118 valence electrons. The van der Waals surface area contributed by atoms with Crippen LogP contribution in [0.3, 0.4) is 0 Å². The topological polar surface area (TPSA) is 44.4 Å². The third-order valence-corrected chi connectivity index (χ3v) is 3.19. The highest BCUT2D eigenvalue weighted by molar-refractivity contribution is 5.81. The van der Waals surface area contributed by atoms with Crippen LogP contribution in [0.5, 0.6) is 0 Å². The first-order chi connectivity index (χ1) is 9.99. The van der Waals surface area contributed by atoms with E-state index in [0.29, 0.717) is 24.8 Å². The minimum Gasteiger partial charge on any atom is -0.360 e. The van der Waals surface area contributed by atoms with Crippen LogP contribution >= 0.6 is 0 Å². The fraction of sp³-hybridized carbons (Fsp3) is 0.562. The number of hydrogen-bond acceptors (Lipinski definition) is 3. The molecule has 0 aromatic heterocycles. The lowest BCUT2D eigenvalue weighted by Gasteiger charge is -2.27. The van der Waals surface area contributed by atoms with Gasteiger partial charge >= 0.3 is 0 Å². The van der Waals surface area contributed by atoms with Gasteiger partial charge in [-0.25, -0.2) is 4.39 Å². The second-order valence-electron chi connectivity index (χ2n) is 5.38. The largest absolute Gasteiger partial charge is 0.360 e. The normalized spacial score (nSPS) is 10.8. The quantitative estimate of drug-likeness (QED) is 0.773. The number of carbonyl (C=O) groups is 1. The Morgan fingerprint density at radius 3 is 2.67 bits per heavy atom. The van der Waals surface area contributed by atoms with Crippen LogP contribution in [0.25, 0.3) is 0 Å². The van der Waals surface area contributed by atoms with Crippen molar-refractivity contribution in [3.63, 3.8) is 0 Å². The number of nitrogens with zero attached hydrogens (tertiary/aromatic N) is 1. The van der Waals surface area contributed by atoms with Crippen molar-refractivity contribution in [2.24, 2.45) is 0 Å². The predicted molar refractivity (Wildman–Crippen MR) is 84.9 cm³/mol. The summed E-state index contributed by atoms with van der Waals surface area (Å²) in [7, 11) is 1.59. The number of anilines is 1. The molecule has 0 radical (unpaired) electrons. The summed E-state index contributed by atoms with van der Waals surface area (Å²) in [5.41, 5.74) is 1.40. The van der Waals surface area contributed by atoms with E-state index < -0.39 is 0 Å². The molecule has 0 unspecified atom stereocenters. The van der Waals surface area contributed by atoms with Crippen LogP contribution in [-0.2, 0) is 11.3 Å².